The van der Waals surface area contributed by atoms with E-state index in [-0.39, 0.29) is 17.6 Å². The van der Waals surface area contributed by atoms with Crippen molar-refractivity contribution in [1.82, 2.24) is 14.7 Å². The summed E-state index contributed by atoms with van der Waals surface area (Å²) in [6, 6.07) is 0.867. The van der Waals surface area contributed by atoms with Crippen LogP contribution in [0, 0.1) is 17.2 Å². The summed E-state index contributed by atoms with van der Waals surface area (Å²) in [5.41, 5.74) is 1.28. The maximum atomic E-state index is 13.8. The highest BCUT2D eigenvalue weighted by atomic mass is 19.1. The van der Waals surface area contributed by atoms with Crippen LogP contribution in [0.5, 0.6) is 0 Å². The van der Waals surface area contributed by atoms with E-state index in [0.717, 1.165) is 11.8 Å². The number of rotatable bonds is 3. The second-order valence-corrected chi connectivity index (χ2v) is 5.50. The van der Waals surface area contributed by atoms with Gasteiger partial charge in [0.25, 0.3) is 0 Å². The Morgan fingerprint density at radius 1 is 1.42 bits per heavy atom. The molecular weight excluding hydrogens is 248 g/mol. The van der Waals surface area contributed by atoms with Crippen molar-refractivity contribution in [2.24, 2.45) is 5.41 Å². The van der Waals surface area contributed by atoms with Crippen molar-refractivity contribution in [1.29, 1.82) is 0 Å². The highest BCUT2D eigenvalue weighted by molar-refractivity contribution is 5.48. The van der Waals surface area contributed by atoms with Crippen LogP contribution < -0.4 is 5.32 Å². The van der Waals surface area contributed by atoms with Gasteiger partial charge in [-0.15, -0.1) is 0 Å². The first-order valence-electron chi connectivity index (χ1n) is 6.04. The van der Waals surface area contributed by atoms with Gasteiger partial charge in [-0.25, -0.2) is 9.37 Å². The zero-order valence-corrected chi connectivity index (χ0v) is 11.3. The summed E-state index contributed by atoms with van der Waals surface area (Å²) < 4.78 is 28.6. The standard InChI is InChI=1S/C14H17F2N3/c1-9(14(2,3)4)18-8-10-11(15)7-12(16)19-6-5-17-13(10)19/h5-7,18H,1,8H2,2-4H3. The maximum Gasteiger partial charge on any atom is 0.202 e. The van der Waals surface area contributed by atoms with Crippen LogP contribution in [0.25, 0.3) is 5.65 Å². The molecule has 0 radical (unpaired) electrons. The Labute approximate surface area is 111 Å². The molecule has 1 N–H and O–H groups in total. The number of hydrogen-bond donors (Lipinski definition) is 1. The molecule has 0 unspecified atom stereocenters. The lowest BCUT2D eigenvalue weighted by Gasteiger charge is -2.23. The zero-order valence-electron chi connectivity index (χ0n) is 11.3. The molecule has 0 fully saturated rings. The first-order chi connectivity index (χ1) is 8.80. The number of fused-ring (bicyclic) bond motifs is 1. The molecule has 2 aromatic heterocycles. The van der Waals surface area contributed by atoms with E-state index in [1.54, 1.807) is 0 Å². The number of pyridine rings is 1. The lowest BCUT2D eigenvalue weighted by molar-refractivity contribution is 0.457. The highest BCUT2D eigenvalue weighted by Crippen LogP contribution is 2.22. The van der Waals surface area contributed by atoms with Crippen molar-refractivity contribution in [2.75, 3.05) is 0 Å². The van der Waals surface area contributed by atoms with Crippen molar-refractivity contribution < 1.29 is 8.78 Å². The smallest absolute Gasteiger partial charge is 0.202 e. The van der Waals surface area contributed by atoms with Gasteiger partial charge in [0.05, 0.1) is 5.56 Å². The van der Waals surface area contributed by atoms with Crippen LogP contribution in [0.2, 0.25) is 0 Å². The molecule has 0 spiro atoms. The largest absolute Gasteiger partial charge is 0.384 e. The fourth-order valence-electron chi connectivity index (χ4n) is 1.69. The quantitative estimate of drug-likeness (QED) is 0.863. The monoisotopic (exact) mass is 265 g/mol. The van der Waals surface area contributed by atoms with E-state index in [2.05, 4.69) is 16.9 Å². The van der Waals surface area contributed by atoms with Gasteiger partial charge in [0, 0.05) is 36.1 Å². The van der Waals surface area contributed by atoms with Gasteiger partial charge in [-0.05, 0) is 0 Å². The van der Waals surface area contributed by atoms with Crippen molar-refractivity contribution in [3.63, 3.8) is 0 Å². The van der Waals surface area contributed by atoms with Gasteiger partial charge in [-0.1, -0.05) is 27.4 Å². The van der Waals surface area contributed by atoms with Crippen molar-refractivity contribution >= 4 is 5.65 Å². The van der Waals surface area contributed by atoms with Crippen LogP contribution in [0.15, 0.2) is 30.7 Å². The normalized spacial score (nSPS) is 11.8. The van der Waals surface area contributed by atoms with E-state index in [1.807, 2.05) is 20.8 Å². The molecule has 0 aliphatic carbocycles. The number of nitrogens with one attached hydrogen (secondary N) is 1. The Balaban J connectivity index is 2.31. The summed E-state index contributed by atoms with van der Waals surface area (Å²) in [5.74, 6) is -1.27. The van der Waals surface area contributed by atoms with Gasteiger partial charge in [0.1, 0.15) is 11.5 Å². The van der Waals surface area contributed by atoms with Gasteiger partial charge in [-0.3, -0.25) is 4.40 Å². The molecule has 0 aliphatic rings. The minimum absolute atomic E-state index is 0.123. The Bertz CT molecular complexity index is 623. The molecule has 0 saturated heterocycles. The first-order valence-corrected chi connectivity index (χ1v) is 6.04. The third-order valence-corrected chi connectivity index (χ3v) is 3.06. The molecular formula is C14H17F2N3. The SMILES string of the molecule is C=C(NCc1c(F)cc(F)n2ccnc12)C(C)(C)C. The van der Waals surface area contributed by atoms with Crippen LogP contribution in [0.4, 0.5) is 8.78 Å². The number of aromatic nitrogens is 2. The summed E-state index contributed by atoms with van der Waals surface area (Å²) >= 11 is 0. The van der Waals surface area contributed by atoms with E-state index in [0.29, 0.717) is 5.56 Å². The summed E-state index contributed by atoms with van der Waals surface area (Å²) in [5, 5.41) is 3.07. The minimum Gasteiger partial charge on any atom is -0.384 e. The van der Waals surface area contributed by atoms with Gasteiger partial charge >= 0.3 is 0 Å². The van der Waals surface area contributed by atoms with E-state index in [1.165, 1.54) is 16.8 Å². The van der Waals surface area contributed by atoms with E-state index in [4.69, 9.17) is 0 Å². The molecule has 19 heavy (non-hydrogen) atoms. The van der Waals surface area contributed by atoms with Gasteiger partial charge in [-0.2, -0.15) is 4.39 Å². The number of nitrogens with zero attached hydrogens (tertiary/aromatic N) is 2. The average molecular weight is 265 g/mol. The Morgan fingerprint density at radius 2 is 2.11 bits per heavy atom. The lowest BCUT2D eigenvalue weighted by Crippen LogP contribution is -2.24. The molecule has 0 bridgehead atoms. The van der Waals surface area contributed by atoms with Crippen LogP contribution >= 0.6 is 0 Å². The molecule has 0 amide bonds. The Morgan fingerprint density at radius 3 is 2.74 bits per heavy atom. The summed E-state index contributed by atoms with van der Waals surface area (Å²) in [7, 11) is 0. The molecule has 0 aliphatic heterocycles. The van der Waals surface area contributed by atoms with E-state index in [9.17, 15) is 8.78 Å². The summed E-state index contributed by atoms with van der Waals surface area (Å²) in [6.45, 7) is 10.2. The molecule has 0 saturated carbocycles. The van der Waals surface area contributed by atoms with Gasteiger partial charge < -0.3 is 5.32 Å². The van der Waals surface area contributed by atoms with Crippen molar-refractivity contribution in [3.8, 4) is 0 Å². The second-order valence-electron chi connectivity index (χ2n) is 5.50. The van der Waals surface area contributed by atoms with Gasteiger partial charge in [0.2, 0.25) is 5.95 Å². The third kappa shape index (κ3) is 2.59. The van der Waals surface area contributed by atoms with E-state index >= 15 is 0 Å². The number of allylic oxidation sites excluding steroid dienone is 1. The van der Waals surface area contributed by atoms with Crippen LogP contribution in [0.1, 0.15) is 26.3 Å². The minimum atomic E-state index is -0.664. The Kier molecular flexibility index (Phi) is 3.30. The van der Waals surface area contributed by atoms with Crippen molar-refractivity contribution in [3.05, 3.63) is 48.1 Å². The molecule has 5 heteroatoms. The van der Waals surface area contributed by atoms with Crippen molar-refractivity contribution in [2.45, 2.75) is 27.3 Å². The highest BCUT2D eigenvalue weighted by Gasteiger charge is 2.17. The Hall–Kier alpha value is -1.91. The zero-order chi connectivity index (χ0) is 14.2. The number of halogens is 2. The van der Waals surface area contributed by atoms with Crippen LogP contribution in [-0.2, 0) is 6.54 Å². The molecule has 2 aromatic rings. The second kappa shape index (κ2) is 4.64. The molecule has 2 heterocycles. The predicted molar refractivity (Wildman–Crippen MR) is 70.5 cm³/mol. The maximum absolute atomic E-state index is 13.8. The number of imidazole rings is 1. The van der Waals surface area contributed by atoms with Crippen LogP contribution in [0.3, 0.4) is 0 Å². The van der Waals surface area contributed by atoms with Gasteiger partial charge in [0.15, 0.2) is 0 Å². The third-order valence-electron chi connectivity index (χ3n) is 3.06. The average Bonchev–Trinajstić information content (AvgIpc) is 2.76. The topological polar surface area (TPSA) is 29.3 Å². The molecule has 102 valence electrons. The van der Waals surface area contributed by atoms with Crippen LogP contribution in [-0.4, -0.2) is 9.38 Å². The lowest BCUT2D eigenvalue weighted by atomic mass is 9.93. The molecule has 0 aromatic carbocycles. The predicted octanol–water partition coefficient (Wildman–Crippen LogP) is 3.26. The van der Waals surface area contributed by atoms with E-state index < -0.39 is 11.8 Å². The summed E-state index contributed by atoms with van der Waals surface area (Å²) in [4.78, 5) is 3.99. The molecule has 2 rings (SSSR count). The first kappa shape index (κ1) is 13.5. The fourth-order valence-corrected chi connectivity index (χ4v) is 1.69. The molecule has 0 atom stereocenters. The summed E-state index contributed by atoms with van der Waals surface area (Å²) in [6.07, 6.45) is 2.91. The number of hydrogen-bond acceptors (Lipinski definition) is 2. The fraction of sp³-hybridized carbons (Fsp3) is 0.357. The molecule has 3 nitrogen and oxygen atoms in total.